The zero-order chi connectivity index (χ0) is 13.1. The zero-order valence-corrected chi connectivity index (χ0v) is 11.4. The molecule has 0 spiro atoms. The van der Waals surface area contributed by atoms with Crippen molar-refractivity contribution in [1.29, 1.82) is 0 Å². The van der Waals surface area contributed by atoms with Crippen LogP contribution in [0.4, 0.5) is 5.82 Å². The second kappa shape index (κ2) is 5.57. The van der Waals surface area contributed by atoms with Crippen molar-refractivity contribution in [2.24, 2.45) is 5.92 Å². The number of hydrogen-bond acceptors (Lipinski definition) is 3. The van der Waals surface area contributed by atoms with Gasteiger partial charge in [-0.25, -0.2) is 4.98 Å². The van der Waals surface area contributed by atoms with Gasteiger partial charge in [-0.2, -0.15) is 0 Å². The van der Waals surface area contributed by atoms with Gasteiger partial charge in [0.05, 0.1) is 10.6 Å². The highest BCUT2D eigenvalue weighted by atomic mass is 35.5. The number of nitrogens with zero attached hydrogens (tertiary/aromatic N) is 1. The molecule has 1 saturated carbocycles. The summed E-state index contributed by atoms with van der Waals surface area (Å²) in [5, 5.41) is 6.50. The SMILES string of the molecule is CCNc1ncc(C(=O)NC2CC(C)C2)cc1Cl. The van der Waals surface area contributed by atoms with Crippen molar-refractivity contribution in [3.63, 3.8) is 0 Å². The number of nitrogens with one attached hydrogen (secondary N) is 2. The lowest BCUT2D eigenvalue weighted by Gasteiger charge is -2.33. The van der Waals surface area contributed by atoms with Gasteiger partial charge in [0.15, 0.2) is 0 Å². The van der Waals surface area contributed by atoms with Gasteiger partial charge in [0, 0.05) is 18.8 Å². The highest BCUT2D eigenvalue weighted by molar-refractivity contribution is 6.33. The van der Waals surface area contributed by atoms with Crippen molar-refractivity contribution >= 4 is 23.3 Å². The van der Waals surface area contributed by atoms with E-state index in [9.17, 15) is 4.79 Å². The molecule has 0 saturated heterocycles. The standard InChI is InChI=1S/C13H18ClN3O/c1-3-15-12-11(14)6-9(7-16-12)13(18)17-10-4-8(2)5-10/h6-8,10H,3-5H2,1-2H3,(H,15,16)(H,17,18). The second-order valence-corrected chi connectivity index (χ2v) is 5.24. The molecule has 5 heteroatoms. The molecule has 0 atom stereocenters. The second-order valence-electron chi connectivity index (χ2n) is 4.83. The smallest absolute Gasteiger partial charge is 0.253 e. The first-order valence-corrected chi connectivity index (χ1v) is 6.68. The average molecular weight is 268 g/mol. The van der Waals surface area contributed by atoms with E-state index in [1.54, 1.807) is 12.3 Å². The van der Waals surface area contributed by atoms with Crippen LogP contribution in [0.2, 0.25) is 5.02 Å². The first kappa shape index (κ1) is 13.1. The number of carbonyl (C=O) groups excluding carboxylic acids is 1. The molecule has 2 rings (SSSR count). The molecule has 1 heterocycles. The third kappa shape index (κ3) is 2.93. The lowest BCUT2D eigenvalue weighted by molar-refractivity contribution is 0.0895. The zero-order valence-electron chi connectivity index (χ0n) is 10.7. The number of aromatic nitrogens is 1. The van der Waals surface area contributed by atoms with Crippen LogP contribution in [0, 0.1) is 5.92 Å². The fraction of sp³-hybridized carbons (Fsp3) is 0.538. The molecule has 0 radical (unpaired) electrons. The van der Waals surface area contributed by atoms with Gasteiger partial charge in [-0.15, -0.1) is 0 Å². The molecule has 0 aromatic carbocycles. The maximum Gasteiger partial charge on any atom is 0.253 e. The molecule has 0 bridgehead atoms. The van der Waals surface area contributed by atoms with Crippen LogP contribution in [0.1, 0.15) is 37.0 Å². The normalized spacial score (nSPS) is 22.2. The van der Waals surface area contributed by atoms with E-state index in [4.69, 9.17) is 11.6 Å². The average Bonchev–Trinajstić information content (AvgIpc) is 2.30. The van der Waals surface area contributed by atoms with Crippen molar-refractivity contribution in [2.45, 2.75) is 32.7 Å². The maximum atomic E-state index is 11.9. The Morgan fingerprint density at radius 2 is 2.28 bits per heavy atom. The molecule has 0 aliphatic heterocycles. The monoisotopic (exact) mass is 267 g/mol. The van der Waals surface area contributed by atoms with E-state index in [-0.39, 0.29) is 5.91 Å². The highest BCUT2D eigenvalue weighted by Crippen LogP contribution is 2.27. The molecule has 18 heavy (non-hydrogen) atoms. The van der Waals surface area contributed by atoms with Crippen molar-refractivity contribution in [1.82, 2.24) is 10.3 Å². The molecule has 2 N–H and O–H groups in total. The van der Waals surface area contributed by atoms with E-state index >= 15 is 0 Å². The summed E-state index contributed by atoms with van der Waals surface area (Å²) >= 11 is 6.05. The Hall–Kier alpha value is -1.29. The minimum absolute atomic E-state index is 0.0932. The summed E-state index contributed by atoms with van der Waals surface area (Å²) in [6, 6.07) is 1.96. The number of hydrogen-bond donors (Lipinski definition) is 2. The van der Waals surface area contributed by atoms with E-state index in [1.165, 1.54) is 0 Å². The van der Waals surface area contributed by atoms with Gasteiger partial charge in [0.1, 0.15) is 5.82 Å². The molecule has 1 aromatic rings. The van der Waals surface area contributed by atoms with Crippen LogP contribution in [-0.4, -0.2) is 23.5 Å². The molecule has 4 nitrogen and oxygen atoms in total. The van der Waals surface area contributed by atoms with Gasteiger partial charge < -0.3 is 10.6 Å². The molecule has 0 unspecified atom stereocenters. The Morgan fingerprint density at radius 1 is 1.56 bits per heavy atom. The van der Waals surface area contributed by atoms with Gasteiger partial charge in [-0.1, -0.05) is 18.5 Å². The third-order valence-corrected chi connectivity index (χ3v) is 3.44. The summed E-state index contributed by atoms with van der Waals surface area (Å²) in [6.07, 6.45) is 3.67. The summed E-state index contributed by atoms with van der Waals surface area (Å²) in [7, 11) is 0. The van der Waals surface area contributed by atoms with E-state index in [2.05, 4.69) is 22.5 Å². The van der Waals surface area contributed by atoms with Crippen LogP contribution in [0.15, 0.2) is 12.3 Å². The molecule has 1 aliphatic carbocycles. The first-order chi connectivity index (χ1) is 8.60. The summed E-state index contributed by atoms with van der Waals surface area (Å²) < 4.78 is 0. The van der Waals surface area contributed by atoms with Crippen molar-refractivity contribution < 1.29 is 4.79 Å². The summed E-state index contributed by atoms with van der Waals surface area (Å²) in [5.74, 6) is 1.24. The molecule has 1 aliphatic rings. The number of anilines is 1. The topological polar surface area (TPSA) is 54.0 Å². The minimum atomic E-state index is -0.0932. The van der Waals surface area contributed by atoms with Gasteiger partial charge in [0.25, 0.3) is 5.91 Å². The number of rotatable bonds is 4. The lowest BCUT2D eigenvalue weighted by Crippen LogP contribution is -2.43. The van der Waals surface area contributed by atoms with Crippen LogP contribution in [0.25, 0.3) is 0 Å². The van der Waals surface area contributed by atoms with Gasteiger partial charge >= 0.3 is 0 Å². The Kier molecular flexibility index (Phi) is 4.07. The number of pyridine rings is 1. The fourth-order valence-electron chi connectivity index (χ4n) is 2.15. The Bertz CT molecular complexity index is 444. The Balaban J connectivity index is 2.00. The molecular weight excluding hydrogens is 250 g/mol. The third-order valence-electron chi connectivity index (χ3n) is 3.16. The van der Waals surface area contributed by atoms with Gasteiger partial charge in [-0.3, -0.25) is 4.79 Å². The van der Waals surface area contributed by atoms with Gasteiger partial charge in [-0.05, 0) is 31.7 Å². The van der Waals surface area contributed by atoms with E-state index in [0.717, 1.165) is 19.4 Å². The maximum absolute atomic E-state index is 11.9. The van der Waals surface area contributed by atoms with E-state index in [0.29, 0.717) is 28.4 Å². The van der Waals surface area contributed by atoms with E-state index in [1.807, 2.05) is 6.92 Å². The Labute approximate surface area is 112 Å². The molecule has 1 amide bonds. The largest absolute Gasteiger partial charge is 0.369 e. The van der Waals surface area contributed by atoms with Crippen molar-refractivity contribution in [3.05, 3.63) is 22.8 Å². The predicted octanol–water partition coefficient (Wildman–Crippen LogP) is 2.70. The summed E-state index contributed by atoms with van der Waals surface area (Å²) in [5.41, 5.74) is 0.515. The predicted molar refractivity (Wildman–Crippen MR) is 73.1 cm³/mol. The molecule has 1 aromatic heterocycles. The highest BCUT2D eigenvalue weighted by Gasteiger charge is 2.27. The summed E-state index contributed by atoms with van der Waals surface area (Å²) in [6.45, 7) is 4.90. The number of halogens is 1. The van der Waals surface area contributed by atoms with E-state index < -0.39 is 0 Å². The van der Waals surface area contributed by atoms with Crippen molar-refractivity contribution in [2.75, 3.05) is 11.9 Å². The first-order valence-electron chi connectivity index (χ1n) is 6.30. The molecule has 1 fully saturated rings. The minimum Gasteiger partial charge on any atom is -0.369 e. The van der Waals surface area contributed by atoms with Crippen LogP contribution in [-0.2, 0) is 0 Å². The Morgan fingerprint density at radius 3 is 2.83 bits per heavy atom. The van der Waals surface area contributed by atoms with Crippen LogP contribution < -0.4 is 10.6 Å². The molecular formula is C13H18ClN3O. The number of carbonyl (C=O) groups is 1. The van der Waals surface area contributed by atoms with Crippen LogP contribution >= 0.6 is 11.6 Å². The van der Waals surface area contributed by atoms with Crippen molar-refractivity contribution in [3.8, 4) is 0 Å². The summed E-state index contributed by atoms with van der Waals surface area (Å²) in [4.78, 5) is 16.1. The number of amides is 1. The molecule has 98 valence electrons. The quantitative estimate of drug-likeness (QED) is 0.882. The van der Waals surface area contributed by atoms with Crippen LogP contribution in [0.5, 0.6) is 0 Å². The fourth-order valence-corrected chi connectivity index (χ4v) is 2.38. The van der Waals surface area contributed by atoms with Crippen LogP contribution in [0.3, 0.4) is 0 Å². The van der Waals surface area contributed by atoms with Gasteiger partial charge in [0.2, 0.25) is 0 Å². The lowest BCUT2D eigenvalue weighted by atomic mass is 9.82.